The third-order valence-electron chi connectivity index (χ3n) is 18.8. The number of aromatic nitrogens is 23. The molecule has 5 aromatic carbocycles. The number of halogens is 7. The molecule has 0 saturated heterocycles. The second-order valence-electron chi connectivity index (χ2n) is 27.4. The van der Waals surface area contributed by atoms with Crippen LogP contribution >= 0.6 is 113 Å². The average molecular weight is 1910 g/mol. The van der Waals surface area contributed by atoms with E-state index in [0.717, 1.165) is 96.6 Å². The van der Waals surface area contributed by atoms with Crippen LogP contribution in [-0.4, -0.2) is 114 Å². The molecule has 0 radical (unpaired) electrons. The van der Waals surface area contributed by atoms with Gasteiger partial charge >= 0.3 is 0 Å². The Morgan fingerprint density at radius 1 is 0.376 bits per heavy atom. The van der Waals surface area contributed by atoms with E-state index in [1.54, 1.807) is 80.9 Å². The average Bonchev–Trinajstić information content (AvgIpc) is 1.79. The van der Waals surface area contributed by atoms with E-state index >= 15 is 0 Å². The van der Waals surface area contributed by atoms with Gasteiger partial charge in [-0.15, -0.1) is 22.7 Å². The molecule has 0 aliphatic carbocycles. The number of hydrogen-bond acceptors (Lipinski definition) is 28. The van der Waals surface area contributed by atoms with Crippen LogP contribution in [0.2, 0.25) is 25.1 Å². The zero-order valence-electron chi connectivity index (χ0n) is 65.6. The predicted molar refractivity (Wildman–Crippen MR) is 501 cm³/mol. The van der Waals surface area contributed by atoms with Gasteiger partial charge in [0, 0.05) is 143 Å². The van der Waals surface area contributed by atoms with Gasteiger partial charge in [0.25, 0.3) is 0 Å². The van der Waals surface area contributed by atoms with Crippen molar-refractivity contribution in [2.45, 2.75) is 13.8 Å². The van der Waals surface area contributed by atoms with Crippen molar-refractivity contribution in [1.82, 2.24) is 114 Å². The predicted octanol–water partition coefficient (Wildman–Crippen LogP) is 19.9. The third-order valence-corrected chi connectivity index (χ3v) is 23.2. The number of fused-ring (bicyclic) bond motifs is 5. The first-order valence-electron chi connectivity index (χ1n) is 37.1. The molecule has 11 N–H and O–H groups in total. The zero-order valence-corrected chi connectivity index (χ0v) is 74.2. The highest BCUT2D eigenvalue weighted by Gasteiger charge is 2.25. The highest BCUT2D eigenvalue weighted by atomic mass is 79.9. The maximum atomic E-state index is 9.30. The first kappa shape index (κ1) is 84.6. The summed E-state index contributed by atoms with van der Waals surface area (Å²) in [6.45, 7) is 3.91. The molecule has 30 nitrogen and oxygen atoms in total. The maximum absolute atomic E-state index is 9.30. The van der Waals surface area contributed by atoms with Gasteiger partial charge in [-0.2, -0.15) is 25.8 Å². The molecule has 614 valence electrons. The van der Waals surface area contributed by atoms with Gasteiger partial charge in [0.1, 0.15) is 83.4 Å². The van der Waals surface area contributed by atoms with Gasteiger partial charge in [-0.05, 0) is 155 Å². The van der Waals surface area contributed by atoms with Crippen LogP contribution in [-0.2, 0) is 21.1 Å². The number of aromatic amines is 1. The normalized spacial score (nSPS) is 11.0. The molecule has 125 heavy (non-hydrogen) atoms. The molecule has 39 heteroatoms. The summed E-state index contributed by atoms with van der Waals surface area (Å²) in [5.41, 5.74) is 45.4. The van der Waals surface area contributed by atoms with Crippen LogP contribution in [0.1, 0.15) is 21.3 Å². The van der Waals surface area contributed by atoms with Crippen molar-refractivity contribution in [2.24, 2.45) is 21.1 Å². The molecule has 20 aromatic rings. The summed E-state index contributed by atoms with van der Waals surface area (Å²) < 4.78 is 6.03. The van der Waals surface area contributed by atoms with E-state index in [0.29, 0.717) is 131 Å². The lowest BCUT2D eigenvalue weighted by atomic mass is 10.0. The Balaban J connectivity index is 0.000000115. The lowest BCUT2D eigenvalue weighted by Crippen LogP contribution is -2.03. The number of pyridine rings is 4. The van der Waals surface area contributed by atoms with E-state index in [1.165, 1.54) is 11.3 Å². The summed E-state index contributed by atoms with van der Waals surface area (Å²) in [6.07, 6.45) is 19.2. The Labute approximate surface area is 759 Å². The van der Waals surface area contributed by atoms with Crippen molar-refractivity contribution in [1.29, 1.82) is 10.5 Å². The first-order valence-corrected chi connectivity index (χ1v) is 42.2. The number of nitrogen functional groups attached to an aromatic ring is 5. The summed E-state index contributed by atoms with van der Waals surface area (Å²) in [4.78, 5) is 75.6. The van der Waals surface area contributed by atoms with Crippen LogP contribution < -0.4 is 28.7 Å². The summed E-state index contributed by atoms with van der Waals surface area (Å²) in [5, 5.41) is 40.8. The molecule has 0 aliphatic rings. The smallest absolute Gasteiger partial charge is 0.183 e. The van der Waals surface area contributed by atoms with Gasteiger partial charge in [-0.25, -0.2) is 54.8 Å². The minimum absolute atomic E-state index is 0.0694. The number of anilines is 5. The largest absolute Gasteiger partial charge is 0.382 e. The fourth-order valence-electron chi connectivity index (χ4n) is 13.2. The van der Waals surface area contributed by atoms with Crippen molar-refractivity contribution >= 4 is 196 Å². The van der Waals surface area contributed by atoms with E-state index in [9.17, 15) is 10.5 Å². The second kappa shape index (κ2) is 36.2. The molecule has 15 heterocycles. The molecule has 0 unspecified atom stereocenters. The van der Waals surface area contributed by atoms with Crippen LogP contribution in [0, 0.1) is 36.5 Å². The Bertz CT molecular complexity index is 7530. The summed E-state index contributed by atoms with van der Waals surface area (Å²) >= 11 is 41.8. The van der Waals surface area contributed by atoms with Gasteiger partial charge in [0.2, 0.25) is 0 Å². The number of hydrogen-bond donors (Lipinski definition) is 6. The highest BCUT2D eigenvalue weighted by Crippen LogP contribution is 2.43. The molecule has 0 bridgehead atoms. The van der Waals surface area contributed by atoms with E-state index in [4.69, 9.17) is 86.7 Å². The molecule has 0 spiro atoms. The van der Waals surface area contributed by atoms with Crippen LogP contribution in [0.3, 0.4) is 0 Å². The van der Waals surface area contributed by atoms with Gasteiger partial charge in [0.05, 0.1) is 91.6 Å². The number of nitrogens with two attached hydrogens (primary N) is 5. The number of benzene rings is 5. The van der Waals surface area contributed by atoms with Crippen molar-refractivity contribution in [3.05, 3.63) is 257 Å². The molecule has 20 rings (SSSR count). The van der Waals surface area contributed by atoms with Crippen LogP contribution in [0.25, 0.3) is 166 Å². The molecule has 0 saturated carbocycles. The van der Waals surface area contributed by atoms with Crippen LogP contribution in [0.15, 0.2) is 211 Å². The van der Waals surface area contributed by atoms with E-state index in [-0.39, 0.29) is 23.0 Å². The molecular weight excluding hydrogens is 1850 g/mol. The number of H-pyrrole nitrogens is 1. The SMILES string of the molecule is Cc1cnc(-c2nc(N)cnc2-c2cc(Cl)c3ncccc3c2)s1.Cc1ncc(-c2nc(N)c(C#N)nc2-c2cc(Cl)c3ncccc3c2)s1.Cn1ccc(-c2nc(N)c(Br)nc2-c2cc(Cl)c3ncccc3c2)n1.Cn1ccc(-c2nc(N)c(Br)nc2-c2cc(Cl)c3ncccc3c2)n1.Cn1ccc(-c2nc(N)c(C#N)nc2-c2cc(Cl)c3[nH]ccc3c2)n1. The Kier molecular flexibility index (Phi) is 24.5. The Morgan fingerprint density at radius 3 is 1.14 bits per heavy atom. The van der Waals surface area contributed by atoms with Gasteiger partial charge in [-0.1, -0.05) is 82.3 Å². The topological polar surface area (TPSA) is 453 Å². The molecule has 15 aromatic heterocycles. The second-order valence-corrected chi connectivity index (χ2v) is 33.4. The number of rotatable bonds is 10. The molecule has 0 aliphatic heterocycles. The molecule has 0 fully saturated rings. The van der Waals surface area contributed by atoms with Crippen LogP contribution in [0.5, 0.6) is 0 Å². The minimum atomic E-state index is 0.0694. The van der Waals surface area contributed by atoms with Gasteiger partial charge < -0.3 is 33.7 Å². The fourth-order valence-corrected chi connectivity index (χ4v) is 16.6. The van der Waals surface area contributed by atoms with Crippen molar-refractivity contribution in [3.8, 4) is 124 Å². The number of nitrogens with zero attached hydrogens (tertiary/aromatic N) is 24. The number of thiazole rings is 2. The summed E-state index contributed by atoms with van der Waals surface area (Å²) in [6, 6.07) is 45.6. The summed E-state index contributed by atoms with van der Waals surface area (Å²) in [5.74, 6) is 1.12. The fraction of sp³-hybridized carbons (Fsp3) is 0.0581. The van der Waals surface area contributed by atoms with Crippen molar-refractivity contribution in [3.63, 3.8) is 0 Å². The third kappa shape index (κ3) is 18.1. The zero-order chi connectivity index (χ0) is 87.6. The Hall–Kier alpha value is -14.0. The standard InChI is InChI=1S/C18H11ClN6S.2C17H12BrClN6.C17H12ClN7.C17H12ClN5S/c1-9-23-8-14(26-9)17-16(24-13(7-20)18(21)25-17)11-5-10-3-2-4-22-15(10)12(19)6-11;2*1-25-6-4-12(24-25)15-14(22-16(18)17(20)23-15)10-7-9-3-2-5-21-13(9)11(19)8-10;1-25-5-3-12(24-25)16-15(22-13(8-19)17(20)23-16)10-6-9-2-4-21-14(9)11(18)7-10;1-9-7-22-17(24-9)16-15(21-8-13(19)23-16)11-5-10-3-2-4-20-14(10)12(18)6-11/h2-6,8H,1H3,(H2,21,25);2*2-8H,1H3,(H2,20,23);2-7,21H,1H3,(H2,20,23);2-8H,1H3,(H2,19,23). The van der Waals surface area contributed by atoms with E-state index in [2.05, 4.69) is 132 Å². The highest BCUT2D eigenvalue weighted by molar-refractivity contribution is 9.10. The maximum Gasteiger partial charge on any atom is 0.183 e. The monoisotopic (exact) mass is 1910 g/mol. The van der Waals surface area contributed by atoms with Crippen molar-refractivity contribution < 1.29 is 0 Å². The molecule has 0 amide bonds. The number of aryl methyl sites for hydroxylation is 5. The molecular formula is C86H59Br2Cl5N30S2. The summed E-state index contributed by atoms with van der Waals surface area (Å²) in [7, 11) is 5.50. The van der Waals surface area contributed by atoms with Gasteiger partial charge in [0.15, 0.2) is 34.7 Å². The first-order chi connectivity index (χ1) is 60.3. The minimum Gasteiger partial charge on any atom is -0.382 e. The molecule has 0 atom stereocenters. The van der Waals surface area contributed by atoms with Crippen molar-refractivity contribution in [2.75, 3.05) is 28.7 Å². The van der Waals surface area contributed by atoms with E-state index < -0.39 is 0 Å². The lowest BCUT2D eigenvalue weighted by Gasteiger charge is -2.10. The van der Waals surface area contributed by atoms with Gasteiger partial charge in [-0.3, -0.25) is 39.0 Å². The quantitative estimate of drug-likeness (QED) is 0.0740. The Morgan fingerprint density at radius 2 is 0.760 bits per heavy atom. The lowest BCUT2D eigenvalue weighted by molar-refractivity contribution is 0.770. The number of nitrogens with one attached hydrogen (secondary N) is 1. The number of nitriles is 2. The van der Waals surface area contributed by atoms with E-state index in [1.807, 2.05) is 193 Å². The van der Waals surface area contributed by atoms with Crippen LogP contribution in [0.4, 0.5) is 29.1 Å².